The maximum Gasteiger partial charge on any atom is 0.240 e. The summed E-state index contributed by atoms with van der Waals surface area (Å²) in [4.78, 5) is 8.69. The van der Waals surface area contributed by atoms with Gasteiger partial charge in [0.1, 0.15) is 5.39 Å². The lowest BCUT2D eigenvalue weighted by molar-refractivity contribution is 0.449. The van der Waals surface area contributed by atoms with E-state index >= 15 is 0 Å². The van der Waals surface area contributed by atoms with Crippen LogP contribution in [0.3, 0.4) is 0 Å². The predicted octanol–water partition coefficient (Wildman–Crippen LogP) is 2.00. The Hall–Kier alpha value is -2.64. The van der Waals surface area contributed by atoms with Crippen LogP contribution in [-0.4, -0.2) is 36.9 Å². The van der Waals surface area contributed by atoms with E-state index in [0.29, 0.717) is 28.7 Å². The molecule has 104 valence electrons. The lowest BCUT2D eigenvalue weighted by Gasteiger charge is -2.06. The first kappa shape index (κ1) is 12.4. The van der Waals surface area contributed by atoms with Gasteiger partial charge in [0.2, 0.25) is 17.7 Å². The van der Waals surface area contributed by atoms with Gasteiger partial charge in [0.15, 0.2) is 5.65 Å². The molecule has 8 heteroatoms. The Balaban J connectivity index is 1.96. The van der Waals surface area contributed by atoms with Crippen molar-refractivity contribution in [2.75, 3.05) is 11.9 Å². The molecule has 0 radical (unpaired) electrons. The average Bonchev–Trinajstić information content (AvgIpc) is 3.05. The highest BCUT2D eigenvalue weighted by Gasteiger charge is 2.12. The van der Waals surface area contributed by atoms with E-state index in [-0.39, 0.29) is 0 Å². The number of hydrogen-bond acceptors (Lipinski definition) is 6. The first-order valence-corrected chi connectivity index (χ1v) is 6.41. The van der Waals surface area contributed by atoms with Gasteiger partial charge in [-0.25, -0.2) is 0 Å². The summed E-state index contributed by atoms with van der Waals surface area (Å²) in [5.41, 5.74) is 1.54. The molecule has 0 fully saturated rings. The third-order valence-corrected chi connectivity index (χ3v) is 2.69. The molecule has 0 bridgehead atoms. The van der Waals surface area contributed by atoms with Crippen molar-refractivity contribution in [2.24, 2.45) is 0 Å². The number of aromatic nitrogens is 6. The maximum absolute atomic E-state index is 5.70. The van der Waals surface area contributed by atoms with Crippen LogP contribution in [0.4, 0.5) is 5.95 Å². The number of fused-ring (bicyclic) bond motifs is 1. The number of aryl methyl sites for hydroxylation is 1. The molecule has 0 aliphatic carbocycles. The van der Waals surface area contributed by atoms with Crippen molar-refractivity contribution >= 4 is 17.0 Å². The second kappa shape index (κ2) is 5.16. The van der Waals surface area contributed by atoms with Crippen LogP contribution in [0.1, 0.15) is 19.0 Å². The number of ether oxygens (including phenoxy) is 1. The lowest BCUT2D eigenvalue weighted by atomic mass is 10.4. The van der Waals surface area contributed by atoms with Crippen molar-refractivity contribution in [3.05, 3.63) is 18.0 Å². The van der Waals surface area contributed by atoms with Crippen LogP contribution in [0, 0.1) is 6.92 Å². The molecule has 0 amide bonds. The van der Waals surface area contributed by atoms with Crippen molar-refractivity contribution in [2.45, 2.75) is 20.3 Å². The zero-order chi connectivity index (χ0) is 13.9. The van der Waals surface area contributed by atoms with Gasteiger partial charge in [0.05, 0.1) is 6.20 Å². The van der Waals surface area contributed by atoms with E-state index in [1.165, 1.54) is 0 Å². The summed E-state index contributed by atoms with van der Waals surface area (Å²) in [6.07, 6.45) is 2.62. The fraction of sp³-hybridized carbons (Fsp3) is 0.333. The van der Waals surface area contributed by atoms with Crippen molar-refractivity contribution < 1.29 is 4.74 Å². The molecule has 3 aromatic rings. The van der Waals surface area contributed by atoms with Crippen LogP contribution in [0.15, 0.2) is 12.3 Å². The summed E-state index contributed by atoms with van der Waals surface area (Å²) in [5, 5.41) is 17.5. The normalized spacial score (nSPS) is 10.9. The summed E-state index contributed by atoms with van der Waals surface area (Å²) in [6.45, 7) is 4.77. The average molecular weight is 273 g/mol. The first-order chi connectivity index (χ1) is 9.76. The minimum atomic E-state index is 0.425. The minimum Gasteiger partial charge on any atom is -0.418 e. The van der Waals surface area contributed by atoms with Crippen LogP contribution in [0.2, 0.25) is 0 Å². The van der Waals surface area contributed by atoms with Crippen LogP contribution in [-0.2, 0) is 0 Å². The predicted molar refractivity (Wildman–Crippen MR) is 73.9 cm³/mol. The van der Waals surface area contributed by atoms with Crippen LogP contribution < -0.4 is 10.1 Å². The smallest absolute Gasteiger partial charge is 0.240 e. The van der Waals surface area contributed by atoms with Crippen molar-refractivity contribution in [1.82, 2.24) is 30.4 Å². The Morgan fingerprint density at radius 1 is 1.30 bits per heavy atom. The van der Waals surface area contributed by atoms with Gasteiger partial charge in [-0.3, -0.25) is 10.2 Å². The molecule has 0 atom stereocenters. The largest absolute Gasteiger partial charge is 0.418 e. The second-order valence-electron chi connectivity index (χ2n) is 4.40. The minimum absolute atomic E-state index is 0.425. The van der Waals surface area contributed by atoms with Gasteiger partial charge in [-0.15, -0.1) is 5.10 Å². The Bertz CT molecular complexity index is 717. The first-order valence-electron chi connectivity index (χ1n) is 6.41. The molecule has 0 aliphatic rings. The van der Waals surface area contributed by atoms with Crippen LogP contribution in [0.25, 0.3) is 11.0 Å². The highest BCUT2D eigenvalue weighted by molar-refractivity contribution is 5.80. The molecule has 0 saturated carbocycles. The monoisotopic (exact) mass is 273 g/mol. The molecule has 3 N–H and O–H groups in total. The highest BCUT2D eigenvalue weighted by atomic mass is 16.5. The summed E-state index contributed by atoms with van der Waals surface area (Å²) >= 11 is 0. The van der Waals surface area contributed by atoms with Gasteiger partial charge in [-0.05, 0) is 13.3 Å². The lowest BCUT2D eigenvalue weighted by Crippen LogP contribution is -2.05. The zero-order valence-electron chi connectivity index (χ0n) is 11.3. The van der Waals surface area contributed by atoms with Crippen LogP contribution in [0.5, 0.6) is 11.8 Å². The van der Waals surface area contributed by atoms with E-state index in [1.54, 1.807) is 12.3 Å². The van der Waals surface area contributed by atoms with Gasteiger partial charge in [0.25, 0.3) is 0 Å². The summed E-state index contributed by atoms with van der Waals surface area (Å²) in [5.74, 6) is 1.39. The standard InChI is InChI=1S/C12H15N7O/c1-3-4-13-12-15-10-8(6-14-19-10)11(16-12)20-9-5-7(2)17-18-9/h5-6H,3-4H2,1-2H3,(H,17,18)(H2,13,14,15,16,19). The Labute approximate surface area is 115 Å². The van der Waals surface area contributed by atoms with Crippen molar-refractivity contribution in [3.63, 3.8) is 0 Å². The van der Waals surface area contributed by atoms with E-state index in [2.05, 4.69) is 42.6 Å². The highest BCUT2D eigenvalue weighted by Crippen LogP contribution is 2.26. The molecule has 8 nitrogen and oxygen atoms in total. The number of nitrogens with zero attached hydrogens (tertiary/aromatic N) is 4. The number of aromatic amines is 2. The maximum atomic E-state index is 5.70. The number of rotatable bonds is 5. The van der Waals surface area contributed by atoms with E-state index in [9.17, 15) is 0 Å². The molecule has 20 heavy (non-hydrogen) atoms. The Morgan fingerprint density at radius 3 is 2.95 bits per heavy atom. The molecule has 0 saturated heterocycles. The van der Waals surface area contributed by atoms with Gasteiger partial charge < -0.3 is 10.1 Å². The number of hydrogen-bond donors (Lipinski definition) is 3. The molecule has 0 unspecified atom stereocenters. The fourth-order valence-electron chi connectivity index (χ4n) is 1.75. The Kier molecular flexibility index (Phi) is 3.20. The molecule has 0 aromatic carbocycles. The van der Waals surface area contributed by atoms with E-state index < -0.39 is 0 Å². The zero-order valence-corrected chi connectivity index (χ0v) is 11.3. The second-order valence-corrected chi connectivity index (χ2v) is 4.40. The molecule has 0 aliphatic heterocycles. The molecule has 0 spiro atoms. The third kappa shape index (κ3) is 2.40. The van der Waals surface area contributed by atoms with E-state index in [0.717, 1.165) is 18.7 Å². The topological polar surface area (TPSA) is 104 Å². The van der Waals surface area contributed by atoms with Gasteiger partial charge >= 0.3 is 0 Å². The Morgan fingerprint density at radius 2 is 2.20 bits per heavy atom. The fourth-order valence-corrected chi connectivity index (χ4v) is 1.75. The van der Waals surface area contributed by atoms with Gasteiger partial charge in [-0.1, -0.05) is 6.92 Å². The number of anilines is 1. The number of nitrogens with one attached hydrogen (secondary N) is 3. The summed E-state index contributed by atoms with van der Waals surface area (Å²) in [6, 6.07) is 1.80. The molecular formula is C12H15N7O. The number of H-pyrrole nitrogens is 2. The molecule has 3 heterocycles. The van der Waals surface area contributed by atoms with E-state index in [4.69, 9.17) is 4.74 Å². The van der Waals surface area contributed by atoms with E-state index in [1.807, 2.05) is 6.92 Å². The van der Waals surface area contributed by atoms with Crippen LogP contribution >= 0.6 is 0 Å². The summed E-state index contributed by atoms with van der Waals surface area (Å²) in [7, 11) is 0. The molecular weight excluding hydrogens is 258 g/mol. The molecule has 3 aromatic heterocycles. The summed E-state index contributed by atoms with van der Waals surface area (Å²) < 4.78 is 5.70. The quantitative estimate of drug-likeness (QED) is 0.656. The van der Waals surface area contributed by atoms with Crippen molar-refractivity contribution in [1.29, 1.82) is 0 Å². The molecule has 3 rings (SSSR count). The SMILES string of the molecule is CCCNc1nc(Oc2cc(C)[nH]n2)c2cn[nH]c2n1. The third-order valence-electron chi connectivity index (χ3n) is 2.69. The van der Waals surface area contributed by atoms with Gasteiger partial charge in [0, 0.05) is 18.3 Å². The van der Waals surface area contributed by atoms with Crippen molar-refractivity contribution in [3.8, 4) is 11.8 Å². The van der Waals surface area contributed by atoms with Gasteiger partial charge in [-0.2, -0.15) is 15.1 Å².